The van der Waals surface area contributed by atoms with Gasteiger partial charge in [-0.3, -0.25) is 9.59 Å². The number of nitrogens with one attached hydrogen (secondary N) is 2. The molecule has 1 aromatic rings. The van der Waals surface area contributed by atoms with Crippen LogP contribution in [0.2, 0.25) is 0 Å². The Hall–Kier alpha value is -2.11. The quantitative estimate of drug-likeness (QED) is 0.611. The van der Waals surface area contributed by atoms with E-state index < -0.39 is 5.91 Å². The number of carbonyl (C=O) groups excluding carboxylic acids is 2. The zero-order valence-electron chi connectivity index (χ0n) is 8.28. The number of nitrogens with zero attached hydrogens (tertiary/aromatic N) is 1. The van der Waals surface area contributed by atoms with Crippen molar-refractivity contribution in [2.45, 2.75) is 0 Å². The molecule has 6 nitrogen and oxygen atoms in total. The Morgan fingerprint density at radius 1 is 1.53 bits per heavy atom. The topological polar surface area (TPSA) is 97.1 Å². The van der Waals surface area contributed by atoms with E-state index in [0.717, 1.165) is 0 Å². The molecular weight excluding hydrogens is 196 g/mol. The molecule has 0 bridgehead atoms. The van der Waals surface area contributed by atoms with Gasteiger partial charge in [0.2, 0.25) is 5.91 Å². The summed E-state index contributed by atoms with van der Waals surface area (Å²) in [6.45, 7) is -0.184. The summed E-state index contributed by atoms with van der Waals surface area (Å²) in [4.78, 5) is 26.0. The van der Waals surface area contributed by atoms with Gasteiger partial charge in [0.15, 0.2) is 0 Å². The van der Waals surface area contributed by atoms with E-state index in [0.29, 0.717) is 11.4 Å². The van der Waals surface area contributed by atoms with Crippen LogP contribution in [-0.2, 0) is 4.79 Å². The molecule has 0 saturated carbocycles. The van der Waals surface area contributed by atoms with Crippen molar-refractivity contribution >= 4 is 17.6 Å². The van der Waals surface area contributed by atoms with Crippen LogP contribution in [0.15, 0.2) is 18.3 Å². The Labute approximate surface area is 86.9 Å². The number of pyridine rings is 1. The highest BCUT2D eigenvalue weighted by atomic mass is 16.2. The highest BCUT2D eigenvalue weighted by molar-refractivity contribution is 6.00. The Balaban J connectivity index is 2.77. The fourth-order valence-electron chi connectivity index (χ4n) is 1.05. The molecule has 0 aromatic carbocycles. The van der Waals surface area contributed by atoms with Crippen molar-refractivity contribution in [1.29, 1.82) is 0 Å². The van der Waals surface area contributed by atoms with E-state index in [-0.39, 0.29) is 12.5 Å². The largest absolute Gasteiger partial charge is 0.372 e. The molecule has 1 aromatic heterocycles. The van der Waals surface area contributed by atoms with Crippen LogP contribution >= 0.6 is 0 Å². The number of hydrogen-bond acceptors (Lipinski definition) is 4. The second kappa shape index (κ2) is 4.94. The van der Waals surface area contributed by atoms with E-state index in [9.17, 15) is 9.59 Å². The van der Waals surface area contributed by atoms with Crippen LogP contribution in [0.3, 0.4) is 0 Å². The van der Waals surface area contributed by atoms with Gasteiger partial charge in [0.05, 0.1) is 12.1 Å². The minimum Gasteiger partial charge on any atom is -0.372 e. The van der Waals surface area contributed by atoms with E-state index in [4.69, 9.17) is 5.73 Å². The van der Waals surface area contributed by atoms with Gasteiger partial charge in [-0.25, -0.2) is 4.98 Å². The van der Waals surface area contributed by atoms with Gasteiger partial charge in [-0.1, -0.05) is 0 Å². The molecule has 4 N–H and O–H groups in total. The van der Waals surface area contributed by atoms with E-state index in [1.54, 1.807) is 25.4 Å². The maximum atomic E-state index is 11.5. The van der Waals surface area contributed by atoms with Gasteiger partial charge in [0.25, 0.3) is 5.91 Å². The van der Waals surface area contributed by atoms with Gasteiger partial charge in [-0.15, -0.1) is 0 Å². The van der Waals surface area contributed by atoms with Crippen molar-refractivity contribution < 1.29 is 9.59 Å². The van der Waals surface area contributed by atoms with Gasteiger partial charge >= 0.3 is 0 Å². The number of amides is 2. The zero-order chi connectivity index (χ0) is 11.3. The standard InChI is InChI=1S/C9H12N4O2/c1-11-8-6(3-2-4-12-8)9(15)13-5-7(10)14/h2-4H,5H2,1H3,(H2,10,14)(H,11,12)(H,13,15). The summed E-state index contributed by atoms with van der Waals surface area (Å²) >= 11 is 0. The Bertz CT molecular complexity index is 378. The highest BCUT2D eigenvalue weighted by Crippen LogP contribution is 2.09. The summed E-state index contributed by atoms with van der Waals surface area (Å²) in [5.41, 5.74) is 5.28. The first kappa shape index (κ1) is 11.0. The number of aromatic nitrogens is 1. The molecule has 80 valence electrons. The molecule has 0 atom stereocenters. The smallest absolute Gasteiger partial charge is 0.255 e. The molecule has 0 saturated heterocycles. The van der Waals surface area contributed by atoms with Crippen molar-refractivity contribution in [3.8, 4) is 0 Å². The van der Waals surface area contributed by atoms with Crippen LogP contribution in [-0.4, -0.2) is 30.4 Å². The molecule has 0 fully saturated rings. The monoisotopic (exact) mass is 208 g/mol. The lowest BCUT2D eigenvalue weighted by Gasteiger charge is -2.06. The first-order valence-corrected chi connectivity index (χ1v) is 4.34. The predicted molar refractivity (Wildman–Crippen MR) is 55.3 cm³/mol. The van der Waals surface area contributed by atoms with E-state index in [2.05, 4.69) is 15.6 Å². The number of hydrogen-bond donors (Lipinski definition) is 3. The molecule has 0 aliphatic rings. The molecule has 0 radical (unpaired) electrons. The SMILES string of the molecule is CNc1ncccc1C(=O)NCC(N)=O. The molecule has 0 aliphatic carbocycles. The summed E-state index contributed by atoms with van der Waals surface area (Å²) in [6.07, 6.45) is 1.57. The van der Waals surface area contributed by atoms with E-state index >= 15 is 0 Å². The van der Waals surface area contributed by atoms with Crippen molar-refractivity contribution in [3.05, 3.63) is 23.9 Å². The third-order valence-electron chi connectivity index (χ3n) is 1.71. The first-order valence-electron chi connectivity index (χ1n) is 4.34. The summed E-state index contributed by atoms with van der Waals surface area (Å²) < 4.78 is 0. The molecular formula is C9H12N4O2. The lowest BCUT2D eigenvalue weighted by atomic mass is 10.2. The molecule has 15 heavy (non-hydrogen) atoms. The van der Waals surface area contributed by atoms with Gasteiger partial charge in [-0.05, 0) is 12.1 Å². The van der Waals surface area contributed by atoms with E-state index in [1.165, 1.54) is 0 Å². The average molecular weight is 208 g/mol. The van der Waals surface area contributed by atoms with Crippen LogP contribution in [0.5, 0.6) is 0 Å². The molecule has 1 rings (SSSR count). The maximum absolute atomic E-state index is 11.5. The minimum absolute atomic E-state index is 0.184. The van der Waals surface area contributed by atoms with Gasteiger partial charge < -0.3 is 16.4 Å². The first-order chi connectivity index (χ1) is 7.15. The van der Waals surface area contributed by atoms with Gasteiger partial charge in [0, 0.05) is 13.2 Å². The fraction of sp³-hybridized carbons (Fsp3) is 0.222. The van der Waals surface area contributed by atoms with Gasteiger partial charge in [0.1, 0.15) is 5.82 Å². The lowest BCUT2D eigenvalue weighted by molar-refractivity contribution is -0.117. The fourth-order valence-corrected chi connectivity index (χ4v) is 1.05. The Morgan fingerprint density at radius 2 is 2.27 bits per heavy atom. The van der Waals surface area contributed by atoms with Crippen molar-refractivity contribution in [1.82, 2.24) is 10.3 Å². The van der Waals surface area contributed by atoms with Crippen molar-refractivity contribution in [2.75, 3.05) is 18.9 Å². The number of rotatable bonds is 4. The van der Waals surface area contributed by atoms with Crippen LogP contribution < -0.4 is 16.4 Å². The molecule has 2 amide bonds. The van der Waals surface area contributed by atoms with E-state index in [1.807, 2.05) is 0 Å². The van der Waals surface area contributed by atoms with Crippen molar-refractivity contribution in [2.24, 2.45) is 5.73 Å². The average Bonchev–Trinajstić information content (AvgIpc) is 2.25. The maximum Gasteiger partial charge on any atom is 0.255 e. The number of carbonyl (C=O) groups is 2. The number of primary amides is 1. The Kier molecular flexibility index (Phi) is 3.61. The van der Waals surface area contributed by atoms with Crippen LogP contribution in [0, 0.1) is 0 Å². The van der Waals surface area contributed by atoms with Gasteiger partial charge in [-0.2, -0.15) is 0 Å². The molecule has 1 heterocycles. The second-order valence-corrected chi connectivity index (χ2v) is 2.80. The van der Waals surface area contributed by atoms with Crippen molar-refractivity contribution in [3.63, 3.8) is 0 Å². The summed E-state index contributed by atoms with van der Waals surface area (Å²) in [5, 5.41) is 5.16. The zero-order valence-corrected chi connectivity index (χ0v) is 8.28. The van der Waals surface area contributed by atoms with Crippen LogP contribution in [0.1, 0.15) is 10.4 Å². The molecule has 0 spiro atoms. The molecule has 0 unspecified atom stereocenters. The highest BCUT2D eigenvalue weighted by Gasteiger charge is 2.10. The normalized spacial score (nSPS) is 9.40. The van der Waals surface area contributed by atoms with Crippen LogP contribution in [0.4, 0.5) is 5.82 Å². The summed E-state index contributed by atoms with van der Waals surface area (Å²) in [6, 6.07) is 3.25. The molecule has 0 aliphatic heterocycles. The second-order valence-electron chi connectivity index (χ2n) is 2.80. The summed E-state index contributed by atoms with van der Waals surface area (Å²) in [7, 11) is 1.66. The number of nitrogens with two attached hydrogens (primary N) is 1. The predicted octanol–water partition coefficient (Wildman–Crippen LogP) is -0.662. The van der Waals surface area contributed by atoms with Crippen LogP contribution in [0.25, 0.3) is 0 Å². The third kappa shape index (κ3) is 2.94. The summed E-state index contributed by atoms with van der Waals surface area (Å²) in [5.74, 6) is -0.510. The minimum atomic E-state index is -0.585. The number of anilines is 1. The molecule has 6 heteroatoms. The third-order valence-corrected chi connectivity index (χ3v) is 1.71. The lowest BCUT2D eigenvalue weighted by Crippen LogP contribution is -2.33. The Morgan fingerprint density at radius 3 is 2.87 bits per heavy atom.